The van der Waals surface area contributed by atoms with Crippen LogP contribution in [0.25, 0.3) is 0 Å². The van der Waals surface area contributed by atoms with Gasteiger partial charge in [-0.15, -0.1) is 0 Å². The number of hydrogen-bond acceptors (Lipinski definition) is 4. The Kier molecular flexibility index (Phi) is 5.90. The summed E-state index contributed by atoms with van der Waals surface area (Å²) in [5.74, 6) is 0.870. The molecule has 122 valence electrons. The molecule has 0 amide bonds. The third-order valence-corrected chi connectivity index (χ3v) is 3.75. The minimum absolute atomic E-state index is 0.0840. The molecule has 22 heavy (non-hydrogen) atoms. The number of benzene rings is 1. The van der Waals surface area contributed by atoms with E-state index in [0.717, 1.165) is 22.3 Å². The zero-order valence-electron chi connectivity index (χ0n) is 14.4. The molecule has 2 rings (SSSR count). The monoisotopic (exact) mass is 306 g/mol. The fourth-order valence-electron chi connectivity index (χ4n) is 2.61. The van der Waals surface area contributed by atoms with Crippen molar-refractivity contribution in [3.8, 4) is 5.75 Å². The molecule has 4 nitrogen and oxygen atoms in total. The van der Waals surface area contributed by atoms with Gasteiger partial charge in [0.15, 0.2) is 0 Å². The molecule has 1 heterocycles. The Balaban J connectivity index is 2.04. The van der Waals surface area contributed by atoms with Gasteiger partial charge in [0, 0.05) is 25.2 Å². The standard InChI is InChI=1S/C17H27BO4/c1-6-19-7-8-20-15-9-13(2)16(14(3)10-15)18-21-11-17(4,5)12-22-18/h9-10H,6-8,11-12H2,1-5H3. The van der Waals surface area contributed by atoms with Crippen LogP contribution in [0.1, 0.15) is 31.9 Å². The summed E-state index contributed by atoms with van der Waals surface area (Å²) in [5.41, 5.74) is 3.47. The Morgan fingerprint density at radius 1 is 1.09 bits per heavy atom. The topological polar surface area (TPSA) is 36.9 Å². The van der Waals surface area contributed by atoms with Gasteiger partial charge in [-0.3, -0.25) is 0 Å². The van der Waals surface area contributed by atoms with Gasteiger partial charge in [0.25, 0.3) is 0 Å². The smallest absolute Gasteiger partial charge is 0.491 e. The van der Waals surface area contributed by atoms with Crippen LogP contribution in [0.15, 0.2) is 12.1 Å². The first-order chi connectivity index (χ1) is 10.4. The van der Waals surface area contributed by atoms with Gasteiger partial charge >= 0.3 is 7.12 Å². The van der Waals surface area contributed by atoms with Gasteiger partial charge in [-0.25, -0.2) is 0 Å². The van der Waals surface area contributed by atoms with Crippen LogP contribution in [0, 0.1) is 19.3 Å². The second-order valence-electron chi connectivity index (χ2n) is 6.63. The third kappa shape index (κ3) is 4.48. The van der Waals surface area contributed by atoms with E-state index in [1.807, 2.05) is 19.1 Å². The van der Waals surface area contributed by atoms with Crippen molar-refractivity contribution in [3.05, 3.63) is 23.3 Å². The number of aryl methyl sites for hydroxylation is 2. The fraction of sp³-hybridized carbons (Fsp3) is 0.647. The van der Waals surface area contributed by atoms with Crippen LogP contribution in [0.4, 0.5) is 0 Å². The van der Waals surface area contributed by atoms with E-state index in [0.29, 0.717) is 33.0 Å². The molecule has 1 aromatic rings. The van der Waals surface area contributed by atoms with E-state index in [9.17, 15) is 0 Å². The summed E-state index contributed by atoms with van der Waals surface area (Å²) in [5, 5.41) is 0. The molecule has 0 aromatic heterocycles. The fourth-order valence-corrected chi connectivity index (χ4v) is 2.61. The van der Waals surface area contributed by atoms with Crippen molar-refractivity contribution < 1.29 is 18.8 Å². The molecular weight excluding hydrogens is 279 g/mol. The van der Waals surface area contributed by atoms with E-state index in [-0.39, 0.29) is 12.5 Å². The molecule has 0 saturated carbocycles. The lowest BCUT2D eigenvalue weighted by Gasteiger charge is -2.34. The summed E-state index contributed by atoms with van der Waals surface area (Å²) in [6.07, 6.45) is 0. The summed E-state index contributed by atoms with van der Waals surface area (Å²) in [4.78, 5) is 0. The van der Waals surface area contributed by atoms with E-state index >= 15 is 0 Å². The highest BCUT2D eigenvalue weighted by atomic mass is 16.6. The minimum atomic E-state index is -0.273. The molecular formula is C17H27BO4. The zero-order chi connectivity index (χ0) is 16.2. The Morgan fingerprint density at radius 3 is 2.23 bits per heavy atom. The van der Waals surface area contributed by atoms with Crippen LogP contribution in [-0.2, 0) is 14.0 Å². The van der Waals surface area contributed by atoms with Gasteiger partial charge in [-0.05, 0) is 49.5 Å². The predicted molar refractivity (Wildman–Crippen MR) is 89.0 cm³/mol. The van der Waals surface area contributed by atoms with Crippen molar-refractivity contribution in [1.29, 1.82) is 0 Å². The van der Waals surface area contributed by atoms with E-state index in [1.54, 1.807) is 0 Å². The van der Waals surface area contributed by atoms with Crippen LogP contribution in [-0.4, -0.2) is 40.2 Å². The maximum atomic E-state index is 5.91. The van der Waals surface area contributed by atoms with Crippen molar-refractivity contribution in [2.45, 2.75) is 34.6 Å². The molecule has 1 fully saturated rings. The number of ether oxygens (including phenoxy) is 2. The van der Waals surface area contributed by atoms with Gasteiger partial charge in [-0.2, -0.15) is 0 Å². The summed E-state index contributed by atoms with van der Waals surface area (Å²) < 4.78 is 22.8. The summed E-state index contributed by atoms with van der Waals surface area (Å²) in [6, 6.07) is 4.08. The maximum absolute atomic E-state index is 5.91. The molecule has 0 bridgehead atoms. The summed E-state index contributed by atoms with van der Waals surface area (Å²) >= 11 is 0. The van der Waals surface area contributed by atoms with Gasteiger partial charge in [0.2, 0.25) is 0 Å². The number of hydrogen-bond donors (Lipinski definition) is 0. The van der Waals surface area contributed by atoms with Crippen LogP contribution in [0.5, 0.6) is 5.75 Å². The van der Waals surface area contributed by atoms with Gasteiger partial charge in [0.05, 0.1) is 6.61 Å². The maximum Gasteiger partial charge on any atom is 0.494 e. The molecule has 0 N–H and O–H groups in total. The predicted octanol–water partition coefficient (Wildman–Crippen LogP) is 2.49. The zero-order valence-corrected chi connectivity index (χ0v) is 14.4. The Hall–Kier alpha value is -1.04. The van der Waals surface area contributed by atoms with E-state index < -0.39 is 0 Å². The lowest BCUT2D eigenvalue weighted by molar-refractivity contribution is 0.0342. The van der Waals surface area contributed by atoms with Gasteiger partial charge < -0.3 is 18.8 Å². The lowest BCUT2D eigenvalue weighted by atomic mass is 9.71. The van der Waals surface area contributed by atoms with Gasteiger partial charge in [0.1, 0.15) is 12.4 Å². The molecule has 0 unspecified atom stereocenters. The molecule has 5 heteroatoms. The van der Waals surface area contributed by atoms with Crippen molar-refractivity contribution >= 4 is 12.6 Å². The first-order valence-corrected chi connectivity index (χ1v) is 7.98. The Bertz CT molecular complexity index is 468. The van der Waals surface area contributed by atoms with E-state index in [2.05, 4.69) is 27.7 Å². The second kappa shape index (κ2) is 7.49. The molecule has 1 aliphatic rings. The summed E-state index contributed by atoms with van der Waals surface area (Å²) in [6.45, 7) is 13.7. The summed E-state index contributed by atoms with van der Waals surface area (Å²) in [7, 11) is -0.273. The molecule has 1 aromatic carbocycles. The first-order valence-electron chi connectivity index (χ1n) is 7.98. The third-order valence-electron chi connectivity index (χ3n) is 3.75. The van der Waals surface area contributed by atoms with E-state index in [1.165, 1.54) is 0 Å². The molecule has 0 atom stereocenters. The van der Waals surface area contributed by atoms with Crippen molar-refractivity contribution in [3.63, 3.8) is 0 Å². The van der Waals surface area contributed by atoms with Crippen molar-refractivity contribution in [1.82, 2.24) is 0 Å². The Labute approximate surface area is 134 Å². The highest BCUT2D eigenvalue weighted by Gasteiger charge is 2.35. The molecule has 1 saturated heterocycles. The average molecular weight is 306 g/mol. The highest BCUT2D eigenvalue weighted by Crippen LogP contribution is 2.23. The van der Waals surface area contributed by atoms with Crippen molar-refractivity contribution in [2.24, 2.45) is 5.41 Å². The quantitative estimate of drug-likeness (QED) is 0.598. The van der Waals surface area contributed by atoms with Crippen molar-refractivity contribution in [2.75, 3.05) is 33.0 Å². The second-order valence-corrected chi connectivity index (χ2v) is 6.63. The largest absolute Gasteiger partial charge is 0.494 e. The number of rotatable bonds is 6. The normalized spacial score (nSPS) is 17.6. The van der Waals surface area contributed by atoms with E-state index in [4.69, 9.17) is 18.8 Å². The molecule has 1 aliphatic heterocycles. The first kappa shape index (κ1) is 17.3. The van der Waals surface area contributed by atoms with Crippen LogP contribution >= 0.6 is 0 Å². The van der Waals surface area contributed by atoms with Crippen LogP contribution < -0.4 is 10.2 Å². The van der Waals surface area contributed by atoms with Gasteiger partial charge in [-0.1, -0.05) is 13.8 Å². The van der Waals surface area contributed by atoms with Crippen LogP contribution in [0.2, 0.25) is 0 Å². The lowest BCUT2D eigenvalue weighted by Crippen LogP contribution is -2.49. The molecule has 0 spiro atoms. The SMILES string of the molecule is CCOCCOc1cc(C)c(B2OCC(C)(C)CO2)c(C)c1. The average Bonchev–Trinajstić information content (AvgIpc) is 2.45. The Morgan fingerprint density at radius 2 is 1.68 bits per heavy atom. The minimum Gasteiger partial charge on any atom is -0.491 e. The molecule has 0 radical (unpaired) electrons. The highest BCUT2D eigenvalue weighted by molar-refractivity contribution is 6.62. The molecule has 0 aliphatic carbocycles. The van der Waals surface area contributed by atoms with Crippen LogP contribution in [0.3, 0.4) is 0 Å².